The van der Waals surface area contributed by atoms with Crippen molar-refractivity contribution in [2.75, 3.05) is 5.32 Å². The standard InChI is InChI=1S/C27H25F7N2O/c1-15(2)9-23(25(35)37)19-10-18(16-3-6-20(7-4-16)26(29,30)31)11-22(12-19)36-14-17-5-8-21(28)13-24(17)27(32,33)34/h3-8,10-13,15,23,36H,9,14H2,1-2H3,(H2,35,37). The third-order valence-corrected chi connectivity index (χ3v) is 5.81. The van der Waals surface area contributed by atoms with E-state index >= 15 is 0 Å². The number of benzene rings is 3. The molecule has 0 radical (unpaired) electrons. The number of alkyl halides is 6. The van der Waals surface area contributed by atoms with Gasteiger partial charge in [0.1, 0.15) is 5.82 Å². The van der Waals surface area contributed by atoms with E-state index in [4.69, 9.17) is 5.73 Å². The second kappa shape index (κ2) is 10.8. The number of halogens is 7. The molecule has 3 nitrogen and oxygen atoms in total. The number of carbonyl (C=O) groups excluding carboxylic acids is 1. The van der Waals surface area contributed by atoms with Crippen LogP contribution in [0.15, 0.2) is 60.7 Å². The first-order valence-corrected chi connectivity index (χ1v) is 11.4. The van der Waals surface area contributed by atoms with Crippen molar-refractivity contribution in [1.82, 2.24) is 0 Å². The first-order valence-electron chi connectivity index (χ1n) is 11.4. The summed E-state index contributed by atoms with van der Waals surface area (Å²) in [6, 6.07) is 11.5. The number of nitrogens with two attached hydrogens (primary N) is 1. The highest BCUT2D eigenvalue weighted by molar-refractivity contribution is 5.83. The summed E-state index contributed by atoms with van der Waals surface area (Å²) in [6.45, 7) is 3.46. The first kappa shape index (κ1) is 28.0. The third kappa shape index (κ3) is 7.24. The maximum Gasteiger partial charge on any atom is 0.416 e. The second-order valence-corrected chi connectivity index (χ2v) is 9.16. The Morgan fingerprint density at radius 1 is 0.865 bits per heavy atom. The van der Waals surface area contributed by atoms with Gasteiger partial charge in [-0.1, -0.05) is 38.1 Å². The van der Waals surface area contributed by atoms with Gasteiger partial charge in [-0.3, -0.25) is 4.79 Å². The zero-order valence-electron chi connectivity index (χ0n) is 20.0. The van der Waals surface area contributed by atoms with E-state index in [-0.39, 0.29) is 18.0 Å². The highest BCUT2D eigenvalue weighted by Gasteiger charge is 2.34. The van der Waals surface area contributed by atoms with Crippen molar-refractivity contribution in [3.63, 3.8) is 0 Å². The summed E-state index contributed by atoms with van der Waals surface area (Å²) in [4.78, 5) is 12.2. The fourth-order valence-corrected chi connectivity index (χ4v) is 4.03. The van der Waals surface area contributed by atoms with Crippen molar-refractivity contribution < 1.29 is 35.5 Å². The SMILES string of the molecule is CC(C)CC(C(N)=O)c1cc(NCc2ccc(F)cc2C(F)(F)F)cc(-c2ccc(C(F)(F)F)cc2)c1. The van der Waals surface area contributed by atoms with Crippen LogP contribution in [0, 0.1) is 11.7 Å². The molecule has 0 saturated heterocycles. The molecule has 0 heterocycles. The minimum atomic E-state index is -4.78. The Kier molecular flexibility index (Phi) is 8.19. The topological polar surface area (TPSA) is 55.1 Å². The second-order valence-electron chi connectivity index (χ2n) is 9.16. The van der Waals surface area contributed by atoms with Gasteiger partial charge in [0, 0.05) is 12.2 Å². The molecule has 0 saturated carbocycles. The van der Waals surface area contributed by atoms with Crippen LogP contribution in [0.2, 0.25) is 0 Å². The van der Waals surface area contributed by atoms with Crippen LogP contribution in [0.1, 0.15) is 48.4 Å². The number of carbonyl (C=O) groups is 1. The molecular weight excluding hydrogens is 501 g/mol. The van der Waals surface area contributed by atoms with Crippen LogP contribution in [0.5, 0.6) is 0 Å². The average molecular weight is 526 g/mol. The van der Waals surface area contributed by atoms with Gasteiger partial charge in [0.25, 0.3) is 0 Å². The summed E-state index contributed by atoms with van der Waals surface area (Å²) in [5.74, 6) is -2.29. The van der Waals surface area contributed by atoms with Crippen molar-refractivity contribution in [3.05, 3.63) is 88.7 Å². The molecule has 1 atom stereocenters. The van der Waals surface area contributed by atoms with Gasteiger partial charge in [0.2, 0.25) is 5.91 Å². The Morgan fingerprint density at radius 3 is 2.05 bits per heavy atom. The lowest BCUT2D eigenvalue weighted by Crippen LogP contribution is -2.23. The molecule has 0 bridgehead atoms. The van der Waals surface area contributed by atoms with Gasteiger partial charge in [-0.05, 0) is 71.0 Å². The van der Waals surface area contributed by atoms with Gasteiger partial charge in [0.15, 0.2) is 0 Å². The zero-order chi connectivity index (χ0) is 27.5. The summed E-state index contributed by atoms with van der Waals surface area (Å²) < 4.78 is 92.7. The average Bonchev–Trinajstić information content (AvgIpc) is 2.80. The molecule has 1 amide bonds. The summed E-state index contributed by atoms with van der Waals surface area (Å²) >= 11 is 0. The van der Waals surface area contributed by atoms with Crippen molar-refractivity contribution in [3.8, 4) is 11.1 Å². The van der Waals surface area contributed by atoms with Crippen molar-refractivity contribution in [2.24, 2.45) is 11.7 Å². The third-order valence-electron chi connectivity index (χ3n) is 5.81. The van der Waals surface area contributed by atoms with E-state index in [1.54, 1.807) is 18.2 Å². The minimum absolute atomic E-state index is 0.0807. The van der Waals surface area contributed by atoms with E-state index in [1.807, 2.05) is 13.8 Å². The van der Waals surface area contributed by atoms with E-state index in [0.29, 0.717) is 34.9 Å². The fourth-order valence-electron chi connectivity index (χ4n) is 4.03. The number of anilines is 1. The molecule has 3 aromatic carbocycles. The smallest absolute Gasteiger partial charge is 0.381 e. The molecule has 0 spiro atoms. The van der Waals surface area contributed by atoms with Crippen LogP contribution in [-0.4, -0.2) is 5.91 Å². The highest BCUT2D eigenvalue weighted by atomic mass is 19.4. The quantitative estimate of drug-likeness (QED) is 0.295. The summed E-state index contributed by atoms with van der Waals surface area (Å²) in [5, 5.41) is 2.87. The lowest BCUT2D eigenvalue weighted by molar-refractivity contribution is -0.138. The Balaban J connectivity index is 2.04. The molecule has 0 aliphatic carbocycles. The van der Waals surface area contributed by atoms with E-state index in [2.05, 4.69) is 5.32 Å². The van der Waals surface area contributed by atoms with Crippen LogP contribution in [0.3, 0.4) is 0 Å². The van der Waals surface area contributed by atoms with Gasteiger partial charge in [-0.25, -0.2) is 4.39 Å². The Labute approximate surface area is 209 Å². The van der Waals surface area contributed by atoms with Crippen molar-refractivity contribution in [1.29, 1.82) is 0 Å². The summed E-state index contributed by atoms with van der Waals surface area (Å²) in [7, 11) is 0. The molecule has 37 heavy (non-hydrogen) atoms. The number of rotatable bonds is 8. The van der Waals surface area contributed by atoms with Crippen molar-refractivity contribution in [2.45, 2.75) is 45.1 Å². The molecule has 10 heteroatoms. The largest absolute Gasteiger partial charge is 0.416 e. The van der Waals surface area contributed by atoms with Gasteiger partial charge in [0.05, 0.1) is 17.0 Å². The van der Waals surface area contributed by atoms with Gasteiger partial charge < -0.3 is 11.1 Å². The highest BCUT2D eigenvalue weighted by Crippen LogP contribution is 2.36. The number of primary amides is 1. The first-order chi connectivity index (χ1) is 17.1. The van der Waals surface area contributed by atoms with E-state index in [9.17, 15) is 35.5 Å². The molecule has 3 aromatic rings. The monoisotopic (exact) mass is 526 g/mol. The normalized spacial score (nSPS) is 13.0. The summed E-state index contributed by atoms with van der Waals surface area (Å²) in [5.41, 5.74) is 5.09. The molecule has 3 N–H and O–H groups in total. The molecule has 198 valence electrons. The Morgan fingerprint density at radius 2 is 1.51 bits per heavy atom. The maximum atomic E-state index is 13.5. The predicted octanol–water partition coefficient (Wildman–Crippen LogP) is 7.76. The maximum absolute atomic E-state index is 13.5. The van der Waals surface area contributed by atoms with Gasteiger partial charge in [-0.15, -0.1) is 0 Å². The predicted molar refractivity (Wildman–Crippen MR) is 127 cm³/mol. The lowest BCUT2D eigenvalue weighted by atomic mass is 9.87. The van der Waals surface area contributed by atoms with Crippen LogP contribution in [0.4, 0.5) is 36.4 Å². The Bertz CT molecular complexity index is 1250. The zero-order valence-corrected chi connectivity index (χ0v) is 20.0. The minimum Gasteiger partial charge on any atom is -0.381 e. The van der Waals surface area contributed by atoms with Crippen LogP contribution >= 0.6 is 0 Å². The molecule has 1 unspecified atom stereocenters. The van der Waals surface area contributed by atoms with E-state index in [1.165, 1.54) is 12.1 Å². The number of hydrogen-bond donors (Lipinski definition) is 2. The van der Waals surface area contributed by atoms with E-state index < -0.39 is 41.1 Å². The summed E-state index contributed by atoms with van der Waals surface area (Å²) in [6.07, 6.45) is -8.91. The van der Waals surface area contributed by atoms with Crippen LogP contribution in [-0.2, 0) is 23.7 Å². The molecule has 0 fully saturated rings. The molecule has 0 aliphatic heterocycles. The number of hydrogen-bond acceptors (Lipinski definition) is 2. The lowest BCUT2D eigenvalue weighted by Gasteiger charge is -2.20. The van der Waals surface area contributed by atoms with Crippen molar-refractivity contribution >= 4 is 11.6 Å². The van der Waals surface area contributed by atoms with E-state index in [0.717, 1.165) is 24.3 Å². The van der Waals surface area contributed by atoms with Gasteiger partial charge in [-0.2, -0.15) is 26.3 Å². The Hall–Kier alpha value is -3.56. The molecule has 0 aromatic heterocycles. The van der Waals surface area contributed by atoms with Crippen LogP contribution < -0.4 is 11.1 Å². The fraction of sp³-hybridized carbons (Fsp3) is 0.296. The molecular formula is C27H25F7N2O. The number of nitrogens with one attached hydrogen (secondary N) is 1. The molecule has 3 rings (SSSR count). The van der Waals surface area contributed by atoms with Crippen LogP contribution in [0.25, 0.3) is 11.1 Å². The van der Waals surface area contributed by atoms with Gasteiger partial charge >= 0.3 is 12.4 Å². The molecule has 0 aliphatic rings. The number of amides is 1.